The van der Waals surface area contributed by atoms with Crippen LogP contribution in [0.4, 0.5) is 0 Å². The molecule has 5 nitrogen and oxygen atoms in total. The summed E-state index contributed by atoms with van der Waals surface area (Å²) in [5.41, 5.74) is 12.5. The molecule has 0 saturated carbocycles. The van der Waals surface area contributed by atoms with Gasteiger partial charge in [-0.3, -0.25) is 4.57 Å². The molecule has 0 saturated heterocycles. The lowest BCUT2D eigenvalue weighted by atomic mass is 9.77. The fraction of sp³-hybridized carbons (Fsp3) is 0.161. The second kappa shape index (κ2) is 13.2. The highest BCUT2D eigenvalue weighted by Gasteiger charge is 2.44. The highest BCUT2D eigenvalue weighted by atomic mass is 15.2. The Labute approximate surface area is 355 Å². The Balaban J connectivity index is 1.04. The highest BCUT2D eigenvalue weighted by molar-refractivity contribution is 6.28. The minimum atomic E-state index is 0.224. The van der Waals surface area contributed by atoms with E-state index < -0.39 is 0 Å². The van der Waals surface area contributed by atoms with Gasteiger partial charge in [-0.05, 0) is 82.0 Å². The van der Waals surface area contributed by atoms with Gasteiger partial charge in [-0.1, -0.05) is 167 Å². The quantitative estimate of drug-likeness (QED) is 0.175. The Morgan fingerprint density at radius 2 is 1.08 bits per heavy atom. The zero-order valence-corrected chi connectivity index (χ0v) is 34.9. The van der Waals surface area contributed by atoms with Gasteiger partial charge in [0.1, 0.15) is 0 Å². The standard InChI is InChI=1S/C56H45N5/c1-55(2)34-56(3,4)45-33-39(26-28-44(45)55)38-24-23-35-25-27-41(32-40(35)31-38)60-46-21-13-11-19-42(46)50-48(60)29-30-49-51(50)43-20-12-14-22-47(43)61(49)54-58-52(36-15-7-5-8-16-36)57-53(59-54)37-17-9-6-10-18-37/h5-32,39H,33-34H2,1-4H3. The number of benzene rings is 7. The lowest BCUT2D eigenvalue weighted by Crippen LogP contribution is -2.15. The van der Waals surface area contributed by atoms with Gasteiger partial charge in [0, 0.05) is 44.3 Å². The van der Waals surface area contributed by atoms with Crippen molar-refractivity contribution in [3.8, 4) is 34.4 Å². The Morgan fingerprint density at radius 1 is 0.508 bits per heavy atom. The molecule has 2 aliphatic carbocycles. The van der Waals surface area contributed by atoms with Gasteiger partial charge in [0.15, 0.2) is 11.6 Å². The van der Waals surface area contributed by atoms with Crippen molar-refractivity contribution in [2.24, 2.45) is 10.8 Å². The van der Waals surface area contributed by atoms with Gasteiger partial charge < -0.3 is 4.57 Å². The van der Waals surface area contributed by atoms with E-state index >= 15 is 0 Å². The van der Waals surface area contributed by atoms with Crippen LogP contribution < -0.4 is 0 Å². The summed E-state index contributed by atoms with van der Waals surface area (Å²) in [6.45, 7) is 9.70. The average Bonchev–Trinajstić information content (AvgIpc) is 3.88. The van der Waals surface area contributed by atoms with E-state index in [2.05, 4.69) is 170 Å². The van der Waals surface area contributed by atoms with Crippen LogP contribution in [-0.4, -0.2) is 24.1 Å². The number of hydrogen-bond donors (Lipinski definition) is 0. The molecule has 0 amide bonds. The maximum Gasteiger partial charge on any atom is 0.238 e. The molecule has 0 fully saturated rings. The van der Waals surface area contributed by atoms with Gasteiger partial charge in [-0.15, -0.1) is 0 Å². The van der Waals surface area contributed by atoms with E-state index in [1.807, 2.05) is 36.4 Å². The van der Waals surface area contributed by atoms with E-state index in [0.29, 0.717) is 23.5 Å². The molecule has 0 radical (unpaired) electrons. The lowest BCUT2D eigenvalue weighted by Gasteiger charge is -2.28. The van der Waals surface area contributed by atoms with E-state index in [-0.39, 0.29) is 10.8 Å². The summed E-state index contributed by atoms with van der Waals surface area (Å²) in [4.78, 5) is 15.4. The largest absolute Gasteiger partial charge is 0.309 e. The highest BCUT2D eigenvalue weighted by Crippen LogP contribution is 2.57. The summed E-state index contributed by atoms with van der Waals surface area (Å²) in [5, 5.41) is 7.29. The predicted molar refractivity (Wildman–Crippen MR) is 253 cm³/mol. The second-order valence-corrected chi connectivity index (χ2v) is 18.4. The Hall–Kier alpha value is -7.11. The summed E-state index contributed by atoms with van der Waals surface area (Å²) in [5.74, 6) is 2.24. The number of allylic oxidation sites excluding steroid dienone is 4. The minimum absolute atomic E-state index is 0.224. The molecule has 294 valence electrons. The molecule has 1 atom stereocenters. The van der Waals surface area contributed by atoms with Crippen molar-refractivity contribution < 1.29 is 0 Å². The summed E-state index contributed by atoms with van der Waals surface area (Å²) < 4.78 is 4.67. The van der Waals surface area contributed by atoms with Crippen molar-refractivity contribution in [2.75, 3.05) is 0 Å². The third kappa shape index (κ3) is 5.56. The number of rotatable bonds is 5. The molecule has 12 rings (SSSR count). The number of hydrogen-bond acceptors (Lipinski definition) is 3. The smallest absolute Gasteiger partial charge is 0.238 e. The van der Waals surface area contributed by atoms with Crippen molar-refractivity contribution in [2.45, 2.75) is 46.5 Å². The first kappa shape index (κ1) is 35.8. The average molecular weight is 788 g/mol. The van der Waals surface area contributed by atoms with Crippen LogP contribution in [0.3, 0.4) is 0 Å². The molecular formula is C56H45N5. The summed E-state index contributed by atoms with van der Waals surface area (Å²) in [7, 11) is 0. The minimum Gasteiger partial charge on any atom is -0.309 e. The van der Waals surface area contributed by atoms with Crippen LogP contribution in [-0.2, 0) is 0 Å². The van der Waals surface area contributed by atoms with E-state index in [9.17, 15) is 0 Å². The predicted octanol–water partition coefficient (Wildman–Crippen LogP) is 14.3. The number of nitrogens with zero attached hydrogens (tertiary/aromatic N) is 5. The van der Waals surface area contributed by atoms with Crippen molar-refractivity contribution >= 4 is 54.4 Å². The molecule has 0 bridgehead atoms. The Morgan fingerprint density at radius 3 is 1.74 bits per heavy atom. The van der Waals surface area contributed by atoms with Crippen molar-refractivity contribution in [3.05, 3.63) is 187 Å². The van der Waals surface area contributed by atoms with Crippen LogP contribution in [0.25, 0.3) is 88.8 Å². The number of aromatic nitrogens is 5. The van der Waals surface area contributed by atoms with Gasteiger partial charge in [0.25, 0.3) is 0 Å². The Bertz CT molecular complexity index is 3410. The van der Waals surface area contributed by atoms with Gasteiger partial charge >= 0.3 is 0 Å². The third-order valence-corrected chi connectivity index (χ3v) is 13.6. The monoisotopic (exact) mass is 787 g/mol. The maximum absolute atomic E-state index is 5.19. The van der Waals surface area contributed by atoms with Gasteiger partial charge in [-0.2, -0.15) is 9.97 Å². The lowest BCUT2D eigenvalue weighted by molar-refractivity contribution is 0.315. The van der Waals surface area contributed by atoms with Crippen LogP contribution in [0, 0.1) is 10.8 Å². The zero-order valence-electron chi connectivity index (χ0n) is 34.9. The van der Waals surface area contributed by atoms with Gasteiger partial charge in [-0.25, -0.2) is 4.98 Å². The van der Waals surface area contributed by atoms with Crippen molar-refractivity contribution in [1.82, 2.24) is 24.1 Å². The molecular weight excluding hydrogens is 743 g/mol. The van der Waals surface area contributed by atoms with Gasteiger partial charge in [0.2, 0.25) is 5.95 Å². The first-order valence-corrected chi connectivity index (χ1v) is 21.5. The number of fused-ring (bicyclic) bond motifs is 8. The van der Waals surface area contributed by atoms with Crippen molar-refractivity contribution in [1.29, 1.82) is 0 Å². The summed E-state index contributed by atoms with van der Waals surface area (Å²) in [6.07, 6.45) is 7.20. The topological polar surface area (TPSA) is 48.5 Å². The van der Waals surface area contributed by atoms with Crippen LogP contribution >= 0.6 is 0 Å². The molecule has 2 aliphatic rings. The molecule has 1 unspecified atom stereocenters. The molecule has 5 heteroatoms. The molecule has 3 aromatic heterocycles. The zero-order chi connectivity index (χ0) is 41.0. The Kier molecular flexibility index (Phi) is 7.74. The van der Waals surface area contributed by atoms with E-state index in [1.54, 1.807) is 11.1 Å². The van der Waals surface area contributed by atoms with Crippen molar-refractivity contribution in [3.63, 3.8) is 0 Å². The molecule has 3 heterocycles. The molecule has 0 spiro atoms. The summed E-state index contributed by atoms with van der Waals surface area (Å²) >= 11 is 0. The normalized spacial score (nSPS) is 17.0. The summed E-state index contributed by atoms with van der Waals surface area (Å²) in [6, 6.07) is 56.5. The molecule has 10 aromatic rings. The van der Waals surface area contributed by atoms with Crippen LogP contribution in [0.15, 0.2) is 181 Å². The fourth-order valence-electron chi connectivity index (χ4n) is 11.1. The maximum atomic E-state index is 5.19. The molecule has 0 aliphatic heterocycles. The van der Waals surface area contributed by atoms with Crippen LogP contribution in [0.2, 0.25) is 0 Å². The molecule has 61 heavy (non-hydrogen) atoms. The van der Waals surface area contributed by atoms with Gasteiger partial charge in [0.05, 0.1) is 22.1 Å². The van der Waals surface area contributed by atoms with Crippen LogP contribution in [0.1, 0.15) is 52.0 Å². The molecule has 7 aromatic carbocycles. The number of para-hydroxylation sites is 2. The fourth-order valence-corrected chi connectivity index (χ4v) is 11.1. The third-order valence-electron chi connectivity index (χ3n) is 13.6. The van der Waals surface area contributed by atoms with E-state index in [1.165, 1.54) is 49.9 Å². The first-order chi connectivity index (χ1) is 29.7. The van der Waals surface area contributed by atoms with Crippen LogP contribution in [0.5, 0.6) is 0 Å². The van der Waals surface area contributed by atoms with E-state index in [4.69, 9.17) is 15.0 Å². The first-order valence-electron chi connectivity index (χ1n) is 21.5. The second-order valence-electron chi connectivity index (χ2n) is 18.4. The molecule has 0 N–H and O–H groups in total. The van der Waals surface area contributed by atoms with E-state index in [0.717, 1.165) is 39.7 Å². The SMILES string of the molecule is CC1(C)CC(C)(C)C2=C1C=CC(c1ccc3ccc(-n4c5ccccc5c5c6c7ccccc7n(-c7nc(-c8ccccc8)nc(-c8ccccc8)n7)c6ccc54)cc3c1)C2.